The lowest BCUT2D eigenvalue weighted by Crippen LogP contribution is -2.26. The fraction of sp³-hybridized carbons (Fsp3) is 0.462. The Balaban J connectivity index is 2.32. The van der Waals surface area contributed by atoms with Crippen molar-refractivity contribution in [3.05, 3.63) is 28.2 Å². The minimum atomic E-state index is 0.113. The van der Waals surface area contributed by atoms with E-state index in [-0.39, 0.29) is 5.78 Å². The monoisotopic (exact) mass is 281 g/mol. The van der Waals surface area contributed by atoms with E-state index in [1.54, 1.807) is 6.92 Å². The van der Waals surface area contributed by atoms with Gasteiger partial charge in [0, 0.05) is 22.6 Å². The van der Waals surface area contributed by atoms with Crippen LogP contribution in [0.15, 0.2) is 22.7 Å². The first-order valence-electron chi connectivity index (χ1n) is 5.66. The van der Waals surface area contributed by atoms with E-state index in [1.165, 1.54) is 18.5 Å². The molecule has 1 aliphatic rings. The number of ketones is 1. The summed E-state index contributed by atoms with van der Waals surface area (Å²) in [5, 5.41) is 0. The van der Waals surface area contributed by atoms with Gasteiger partial charge in [-0.3, -0.25) is 4.79 Å². The van der Waals surface area contributed by atoms with E-state index in [0.717, 1.165) is 16.6 Å². The first-order chi connectivity index (χ1) is 7.59. The maximum atomic E-state index is 11.3. The highest BCUT2D eigenvalue weighted by molar-refractivity contribution is 9.10. The summed E-state index contributed by atoms with van der Waals surface area (Å²) in [6.07, 6.45) is 2.50. The van der Waals surface area contributed by atoms with E-state index in [1.807, 2.05) is 18.2 Å². The summed E-state index contributed by atoms with van der Waals surface area (Å²) in [7, 11) is 0. The Bertz CT molecular complexity index is 416. The highest BCUT2D eigenvalue weighted by Gasteiger charge is 2.22. The van der Waals surface area contributed by atoms with Crippen LogP contribution in [0.5, 0.6) is 0 Å². The van der Waals surface area contributed by atoms with Gasteiger partial charge < -0.3 is 4.90 Å². The molecule has 2 nitrogen and oxygen atoms in total. The Labute approximate surface area is 105 Å². The number of anilines is 1. The van der Waals surface area contributed by atoms with Gasteiger partial charge in [0.2, 0.25) is 0 Å². The number of benzene rings is 1. The second kappa shape index (κ2) is 4.58. The number of rotatable bonds is 2. The molecule has 0 spiro atoms. The minimum Gasteiger partial charge on any atom is -0.368 e. The van der Waals surface area contributed by atoms with Crippen molar-refractivity contribution in [1.82, 2.24) is 0 Å². The Morgan fingerprint density at radius 3 is 2.75 bits per heavy atom. The molecule has 1 aromatic carbocycles. The van der Waals surface area contributed by atoms with Crippen LogP contribution in [0.4, 0.5) is 5.69 Å². The van der Waals surface area contributed by atoms with Crippen LogP contribution in [0, 0.1) is 0 Å². The van der Waals surface area contributed by atoms with Gasteiger partial charge in [-0.1, -0.05) is 0 Å². The van der Waals surface area contributed by atoms with Crippen molar-refractivity contribution in [2.75, 3.05) is 11.4 Å². The second-order valence-corrected chi connectivity index (χ2v) is 5.26. The predicted octanol–water partition coefficient (Wildman–Crippen LogP) is 3.64. The third kappa shape index (κ3) is 2.14. The molecule has 1 fully saturated rings. The SMILES string of the molecule is CC(=O)c1ccc(N2CCCC2C)c(Br)c1. The van der Waals surface area contributed by atoms with Gasteiger partial charge >= 0.3 is 0 Å². The lowest BCUT2D eigenvalue weighted by Gasteiger charge is -2.25. The van der Waals surface area contributed by atoms with Crippen molar-refractivity contribution in [2.24, 2.45) is 0 Å². The normalized spacial score (nSPS) is 20.2. The lowest BCUT2D eigenvalue weighted by molar-refractivity contribution is 0.101. The van der Waals surface area contributed by atoms with Crippen molar-refractivity contribution < 1.29 is 4.79 Å². The molecule has 0 N–H and O–H groups in total. The molecular weight excluding hydrogens is 266 g/mol. The first-order valence-corrected chi connectivity index (χ1v) is 6.46. The molecule has 1 heterocycles. The quantitative estimate of drug-likeness (QED) is 0.772. The molecular formula is C13H16BrNO. The zero-order valence-electron chi connectivity index (χ0n) is 9.66. The smallest absolute Gasteiger partial charge is 0.159 e. The van der Waals surface area contributed by atoms with E-state index >= 15 is 0 Å². The minimum absolute atomic E-state index is 0.113. The summed E-state index contributed by atoms with van der Waals surface area (Å²) in [4.78, 5) is 13.7. The fourth-order valence-electron chi connectivity index (χ4n) is 2.25. The van der Waals surface area contributed by atoms with Crippen LogP contribution in [0.2, 0.25) is 0 Å². The topological polar surface area (TPSA) is 20.3 Å². The number of halogens is 1. The van der Waals surface area contributed by atoms with Crippen molar-refractivity contribution >= 4 is 27.4 Å². The summed E-state index contributed by atoms with van der Waals surface area (Å²) in [6.45, 7) is 4.96. The van der Waals surface area contributed by atoms with E-state index in [0.29, 0.717) is 6.04 Å². The van der Waals surface area contributed by atoms with Crippen molar-refractivity contribution in [1.29, 1.82) is 0 Å². The molecule has 3 heteroatoms. The first kappa shape index (κ1) is 11.6. The summed E-state index contributed by atoms with van der Waals surface area (Å²) in [5.41, 5.74) is 1.97. The molecule has 86 valence electrons. The van der Waals surface area contributed by atoms with E-state index < -0.39 is 0 Å². The van der Waals surface area contributed by atoms with Gasteiger partial charge in [0.05, 0.1) is 5.69 Å². The van der Waals surface area contributed by atoms with E-state index in [9.17, 15) is 4.79 Å². The Hall–Kier alpha value is -0.830. The van der Waals surface area contributed by atoms with Gasteiger partial charge in [-0.25, -0.2) is 0 Å². The van der Waals surface area contributed by atoms with Crippen molar-refractivity contribution in [3.63, 3.8) is 0 Å². The van der Waals surface area contributed by atoms with Crippen LogP contribution in [0.1, 0.15) is 37.0 Å². The zero-order valence-corrected chi connectivity index (χ0v) is 11.3. The Kier molecular flexibility index (Phi) is 3.33. The summed E-state index contributed by atoms with van der Waals surface area (Å²) in [6, 6.07) is 6.47. The molecule has 1 aromatic rings. The molecule has 0 amide bonds. The van der Waals surface area contributed by atoms with Crippen LogP contribution < -0.4 is 4.90 Å². The largest absolute Gasteiger partial charge is 0.368 e. The van der Waals surface area contributed by atoms with Crippen molar-refractivity contribution in [3.8, 4) is 0 Å². The number of hydrogen-bond donors (Lipinski definition) is 0. The van der Waals surface area contributed by atoms with Crippen molar-refractivity contribution in [2.45, 2.75) is 32.7 Å². The van der Waals surface area contributed by atoms with Crippen LogP contribution in [0.3, 0.4) is 0 Å². The third-order valence-electron chi connectivity index (χ3n) is 3.22. The van der Waals surface area contributed by atoms with E-state index in [4.69, 9.17) is 0 Å². The van der Waals surface area contributed by atoms with Crippen LogP contribution in [-0.2, 0) is 0 Å². The zero-order chi connectivity index (χ0) is 11.7. The maximum Gasteiger partial charge on any atom is 0.159 e. The number of carbonyl (C=O) groups excluding carboxylic acids is 1. The fourth-order valence-corrected chi connectivity index (χ4v) is 2.86. The van der Waals surface area contributed by atoms with Gasteiger partial charge in [0.1, 0.15) is 0 Å². The molecule has 0 saturated carbocycles. The average Bonchev–Trinajstić information content (AvgIpc) is 2.64. The average molecular weight is 282 g/mol. The van der Waals surface area contributed by atoms with Gasteiger partial charge in [-0.2, -0.15) is 0 Å². The third-order valence-corrected chi connectivity index (χ3v) is 3.85. The molecule has 1 aliphatic heterocycles. The second-order valence-electron chi connectivity index (χ2n) is 4.41. The van der Waals surface area contributed by atoms with Crippen LogP contribution in [0.25, 0.3) is 0 Å². The van der Waals surface area contributed by atoms with Gasteiger partial charge in [0.15, 0.2) is 5.78 Å². The molecule has 1 unspecified atom stereocenters. The summed E-state index contributed by atoms with van der Waals surface area (Å²) in [5.74, 6) is 0.113. The maximum absolute atomic E-state index is 11.3. The highest BCUT2D eigenvalue weighted by Crippen LogP contribution is 2.32. The summed E-state index contributed by atoms with van der Waals surface area (Å²) < 4.78 is 1.02. The molecule has 0 radical (unpaired) electrons. The predicted molar refractivity (Wildman–Crippen MR) is 70.2 cm³/mol. The molecule has 2 rings (SSSR count). The lowest BCUT2D eigenvalue weighted by atomic mass is 10.1. The Morgan fingerprint density at radius 2 is 2.25 bits per heavy atom. The molecule has 1 atom stereocenters. The molecule has 1 saturated heterocycles. The van der Waals surface area contributed by atoms with Gasteiger partial charge in [-0.15, -0.1) is 0 Å². The summed E-state index contributed by atoms with van der Waals surface area (Å²) >= 11 is 3.56. The van der Waals surface area contributed by atoms with Gasteiger partial charge in [-0.05, 0) is 60.8 Å². The molecule has 0 aromatic heterocycles. The molecule has 0 bridgehead atoms. The molecule has 0 aliphatic carbocycles. The number of nitrogens with zero attached hydrogens (tertiary/aromatic N) is 1. The van der Waals surface area contributed by atoms with Crippen LogP contribution in [-0.4, -0.2) is 18.4 Å². The highest BCUT2D eigenvalue weighted by atomic mass is 79.9. The van der Waals surface area contributed by atoms with Gasteiger partial charge in [0.25, 0.3) is 0 Å². The Morgan fingerprint density at radius 1 is 1.50 bits per heavy atom. The number of hydrogen-bond acceptors (Lipinski definition) is 2. The molecule has 16 heavy (non-hydrogen) atoms. The number of carbonyl (C=O) groups is 1. The van der Waals surface area contributed by atoms with E-state index in [2.05, 4.69) is 27.8 Å². The van der Waals surface area contributed by atoms with Crippen LogP contribution >= 0.6 is 15.9 Å². The number of Topliss-reactive ketones (excluding diaryl/α,β-unsaturated/α-hetero) is 1. The standard InChI is InChI=1S/C13H16BrNO/c1-9-4-3-7-15(9)13-6-5-11(10(2)16)8-12(13)14/h5-6,8-9H,3-4,7H2,1-2H3.